The Kier molecular flexibility index (Phi) is 4.25. The van der Waals surface area contributed by atoms with Crippen LogP contribution in [0.2, 0.25) is 0 Å². The molecule has 3 aromatic heterocycles. The van der Waals surface area contributed by atoms with Gasteiger partial charge >= 0.3 is 11.7 Å². The van der Waals surface area contributed by atoms with Crippen molar-refractivity contribution in [1.82, 2.24) is 9.55 Å². The third kappa shape index (κ3) is 3.00. The molecule has 136 valence electrons. The first-order chi connectivity index (χ1) is 13.1. The van der Waals surface area contributed by atoms with Gasteiger partial charge in [0.05, 0.1) is 19.0 Å². The summed E-state index contributed by atoms with van der Waals surface area (Å²) in [6.07, 6.45) is 0. The van der Waals surface area contributed by atoms with Crippen molar-refractivity contribution >= 4 is 27.5 Å². The molecule has 0 radical (unpaired) electrons. The number of aromatic amines is 1. The number of hydrogen-bond donors (Lipinski definition) is 1. The van der Waals surface area contributed by atoms with Crippen molar-refractivity contribution in [2.45, 2.75) is 6.54 Å². The van der Waals surface area contributed by atoms with E-state index in [1.807, 2.05) is 35.7 Å². The highest BCUT2D eigenvalue weighted by Gasteiger charge is 2.17. The monoisotopic (exact) mass is 382 g/mol. The molecule has 0 aliphatic rings. The van der Waals surface area contributed by atoms with Crippen molar-refractivity contribution in [2.24, 2.45) is 0 Å². The number of aromatic nitrogens is 2. The van der Waals surface area contributed by atoms with Gasteiger partial charge in [0.25, 0.3) is 5.56 Å². The number of carbonyl (C=O) groups excluding carboxylic acids is 1. The Morgan fingerprint density at radius 3 is 2.70 bits per heavy atom. The summed E-state index contributed by atoms with van der Waals surface area (Å²) in [5.41, 5.74) is 0.709. The molecule has 1 aromatic carbocycles. The van der Waals surface area contributed by atoms with E-state index in [-0.39, 0.29) is 12.3 Å². The summed E-state index contributed by atoms with van der Waals surface area (Å²) in [5, 5.41) is 2.30. The molecule has 0 spiro atoms. The van der Waals surface area contributed by atoms with Crippen molar-refractivity contribution in [3.63, 3.8) is 0 Å². The van der Waals surface area contributed by atoms with E-state index in [4.69, 9.17) is 4.42 Å². The zero-order valence-corrected chi connectivity index (χ0v) is 15.0. The lowest BCUT2D eigenvalue weighted by molar-refractivity contribution is 0.0563. The van der Waals surface area contributed by atoms with Gasteiger partial charge in [0.15, 0.2) is 0 Å². The fourth-order valence-corrected chi connectivity index (χ4v) is 3.81. The second-order valence-electron chi connectivity index (χ2n) is 5.80. The molecule has 4 rings (SSSR count). The van der Waals surface area contributed by atoms with Crippen LogP contribution in [0, 0.1) is 0 Å². The van der Waals surface area contributed by atoms with Gasteiger partial charge in [-0.1, -0.05) is 30.3 Å². The highest BCUT2D eigenvalue weighted by atomic mass is 32.1. The summed E-state index contributed by atoms with van der Waals surface area (Å²) < 4.78 is 11.0. The Bertz CT molecular complexity index is 1250. The van der Waals surface area contributed by atoms with E-state index in [0.717, 1.165) is 15.7 Å². The second-order valence-corrected chi connectivity index (χ2v) is 6.68. The normalized spacial score (nSPS) is 11.0. The van der Waals surface area contributed by atoms with Gasteiger partial charge in [0.1, 0.15) is 10.6 Å². The van der Waals surface area contributed by atoms with Crippen molar-refractivity contribution in [2.75, 3.05) is 7.11 Å². The SMILES string of the molecule is COC(=O)c1ccc(Cn2c(=O)[nH]c3scc(-c4ccccc4)c3c2=O)o1. The molecule has 0 saturated carbocycles. The quantitative estimate of drug-likeness (QED) is 0.548. The Hall–Kier alpha value is -3.39. The molecule has 0 unspecified atom stereocenters. The van der Waals surface area contributed by atoms with Crippen LogP contribution in [-0.4, -0.2) is 22.6 Å². The summed E-state index contributed by atoms with van der Waals surface area (Å²) in [6.45, 7) is -0.0921. The van der Waals surface area contributed by atoms with Gasteiger partial charge < -0.3 is 9.15 Å². The number of ether oxygens (including phenoxy) is 1. The molecule has 0 atom stereocenters. The molecule has 0 saturated heterocycles. The average molecular weight is 382 g/mol. The van der Waals surface area contributed by atoms with Crippen LogP contribution in [0.1, 0.15) is 16.3 Å². The first-order valence-corrected chi connectivity index (χ1v) is 8.93. The van der Waals surface area contributed by atoms with Gasteiger partial charge in [-0.2, -0.15) is 0 Å². The number of rotatable bonds is 4. The summed E-state index contributed by atoms with van der Waals surface area (Å²) in [7, 11) is 1.25. The van der Waals surface area contributed by atoms with Crippen molar-refractivity contribution < 1.29 is 13.9 Å². The van der Waals surface area contributed by atoms with Gasteiger partial charge in [0, 0.05) is 10.9 Å². The average Bonchev–Trinajstić information content (AvgIpc) is 3.32. The van der Waals surface area contributed by atoms with E-state index in [9.17, 15) is 14.4 Å². The molecule has 0 aliphatic heterocycles. The van der Waals surface area contributed by atoms with Crippen LogP contribution in [0.5, 0.6) is 0 Å². The van der Waals surface area contributed by atoms with E-state index in [2.05, 4.69) is 9.72 Å². The third-order valence-electron chi connectivity index (χ3n) is 4.16. The first-order valence-electron chi connectivity index (χ1n) is 8.05. The number of furan rings is 1. The standard InChI is InChI=1S/C19H14N2O5S/c1-25-18(23)14-8-7-12(26-14)9-21-17(22)15-13(11-5-3-2-4-6-11)10-27-16(15)20-19(21)24/h2-8,10H,9H2,1H3,(H,20,24). The minimum Gasteiger partial charge on any atom is -0.463 e. The van der Waals surface area contributed by atoms with E-state index in [1.54, 1.807) is 0 Å². The lowest BCUT2D eigenvalue weighted by Gasteiger charge is -2.04. The zero-order chi connectivity index (χ0) is 19.0. The Morgan fingerprint density at radius 2 is 1.96 bits per heavy atom. The lowest BCUT2D eigenvalue weighted by atomic mass is 10.1. The minimum atomic E-state index is -0.623. The van der Waals surface area contributed by atoms with Crippen LogP contribution < -0.4 is 11.2 Å². The molecule has 0 amide bonds. The predicted octanol–water partition coefficient (Wildman–Crippen LogP) is 2.85. The molecule has 8 heteroatoms. The Labute approximate surface area is 156 Å². The number of benzene rings is 1. The number of methoxy groups -OCH3 is 1. The highest BCUT2D eigenvalue weighted by Crippen LogP contribution is 2.29. The molecule has 0 fully saturated rings. The predicted molar refractivity (Wildman–Crippen MR) is 101 cm³/mol. The highest BCUT2D eigenvalue weighted by molar-refractivity contribution is 7.17. The topological polar surface area (TPSA) is 94.3 Å². The fourth-order valence-electron chi connectivity index (χ4n) is 2.86. The largest absolute Gasteiger partial charge is 0.463 e. The molecule has 3 heterocycles. The molecular formula is C19H14N2O5S. The minimum absolute atomic E-state index is 0.0126. The van der Waals surface area contributed by atoms with Crippen LogP contribution in [0.3, 0.4) is 0 Å². The van der Waals surface area contributed by atoms with Crippen LogP contribution in [0.25, 0.3) is 21.3 Å². The number of nitrogens with one attached hydrogen (secondary N) is 1. The molecule has 1 N–H and O–H groups in total. The molecule has 4 aromatic rings. The van der Waals surface area contributed by atoms with E-state index in [0.29, 0.717) is 16.0 Å². The van der Waals surface area contributed by atoms with Gasteiger partial charge in [-0.3, -0.25) is 14.3 Å². The summed E-state index contributed by atoms with van der Waals surface area (Å²) in [4.78, 5) is 40.2. The maximum atomic E-state index is 13.0. The van der Waals surface area contributed by atoms with Gasteiger partial charge in [-0.25, -0.2) is 9.59 Å². The van der Waals surface area contributed by atoms with E-state index < -0.39 is 17.2 Å². The second kappa shape index (κ2) is 6.73. The van der Waals surface area contributed by atoms with Gasteiger partial charge in [0.2, 0.25) is 5.76 Å². The number of thiophene rings is 1. The van der Waals surface area contributed by atoms with Crippen LogP contribution in [0.4, 0.5) is 0 Å². The Balaban J connectivity index is 1.82. The molecule has 27 heavy (non-hydrogen) atoms. The van der Waals surface area contributed by atoms with E-state index >= 15 is 0 Å². The van der Waals surface area contributed by atoms with Crippen molar-refractivity contribution in [3.8, 4) is 11.1 Å². The fraction of sp³-hybridized carbons (Fsp3) is 0.105. The number of hydrogen-bond acceptors (Lipinski definition) is 6. The summed E-state index contributed by atoms with van der Waals surface area (Å²) in [5.74, 6) is -0.306. The van der Waals surface area contributed by atoms with Crippen LogP contribution in [-0.2, 0) is 11.3 Å². The molecule has 7 nitrogen and oxygen atoms in total. The van der Waals surface area contributed by atoms with Crippen molar-refractivity contribution in [3.05, 3.63) is 80.2 Å². The summed E-state index contributed by atoms with van der Waals surface area (Å²) in [6, 6.07) is 12.5. The molecule has 0 aliphatic carbocycles. The number of H-pyrrole nitrogens is 1. The number of fused-ring (bicyclic) bond motifs is 1. The number of nitrogens with zero attached hydrogens (tertiary/aromatic N) is 1. The number of carbonyl (C=O) groups is 1. The van der Waals surface area contributed by atoms with Gasteiger partial charge in [-0.15, -0.1) is 11.3 Å². The maximum Gasteiger partial charge on any atom is 0.373 e. The summed E-state index contributed by atoms with van der Waals surface area (Å²) >= 11 is 1.31. The molecule has 0 bridgehead atoms. The van der Waals surface area contributed by atoms with E-state index in [1.165, 1.54) is 30.6 Å². The lowest BCUT2D eigenvalue weighted by Crippen LogP contribution is -2.35. The first kappa shape index (κ1) is 17.0. The zero-order valence-electron chi connectivity index (χ0n) is 14.2. The van der Waals surface area contributed by atoms with Crippen LogP contribution >= 0.6 is 11.3 Å². The third-order valence-corrected chi connectivity index (χ3v) is 5.06. The molecular weight excluding hydrogens is 368 g/mol. The van der Waals surface area contributed by atoms with Gasteiger partial charge in [-0.05, 0) is 17.7 Å². The van der Waals surface area contributed by atoms with Crippen LogP contribution in [0.15, 0.2) is 61.9 Å². The number of esters is 1. The smallest absolute Gasteiger partial charge is 0.373 e. The Morgan fingerprint density at radius 1 is 1.19 bits per heavy atom. The maximum absolute atomic E-state index is 13.0. The van der Waals surface area contributed by atoms with Crippen molar-refractivity contribution in [1.29, 1.82) is 0 Å².